The molecule has 0 radical (unpaired) electrons. The van der Waals surface area contributed by atoms with Crippen molar-refractivity contribution in [2.24, 2.45) is 0 Å². The van der Waals surface area contributed by atoms with Gasteiger partial charge in [0, 0.05) is 11.1 Å². The molecule has 0 saturated carbocycles. The molecule has 0 atom stereocenters. The van der Waals surface area contributed by atoms with Gasteiger partial charge in [-0.25, -0.2) is 4.79 Å². The van der Waals surface area contributed by atoms with Gasteiger partial charge in [0.05, 0.1) is 10.9 Å². The smallest absolute Gasteiger partial charge is 0.335 e. The van der Waals surface area contributed by atoms with Crippen molar-refractivity contribution in [1.29, 1.82) is 0 Å². The summed E-state index contributed by atoms with van der Waals surface area (Å²) in [6.45, 7) is 0. The first-order valence-corrected chi connectivity index (χ1v) is 6.02. The standard InChI is InChI=1S/C12H6Cl2N2O3/c13-6-1-2-8-7(5-6)11(17)16(12(18)15-8)10-4-3-9(14)19-10/h1-5H,(H,15,18). The van der Waals surface area contributed by atoms with Gasteiger partial charge in [-0.2, -0.15) is 4.57 Å². The molecule has 0 fully saturated rings. The molecule has 5 nitrogen and oxygen atoms in total. The zero-order valence-electron chi connectivity index (χ0n) is 9.31. The number of aromatic nitrogens is 2. The number of nitrogens with zero attached hydrogens (tertiary/aromatic N) is 1. The summed E-state index contributed by atoms with van der Waals surface area (Å²) in [6.07, 6.45) is 0. The molecule has 0 aliphatic carbocycles. The topological polar surface area (TPSA) is 68.0 Å². The lowest BCUT2D eigenvalue weighted by Crippen LogP contribution is -2.33. The van der Waals surface area contributed by atoms with Crippen molar-refractivity contribution in [1.82, 2.24) is 9.55 Å². The van der Waals surface area contributed by atoms with Crippen LogP contribution < -0.4 is 11.2 Å². The first-order valence-electron chi connectivity index (χ1n) is 5.26. The summed E-state index contributed by atoms with van der Waals surface area (Å²) in [5.41, 5.74) is -0.716. The number of H-pyrrole nitrogens is 1. The fourth-order valence-electron chi connectivity index (χ4n) is 1.81. The number of hydrogen-bond acceptors (Lipinski definition) is 3. The Morgan fingerprint density at radius 2 is 1.89 bits per heavy atom. The Hall–Kier alpha value is -1.98. The summed E-state index contributed by atoms with van der Waals surface area (Å²) in [5, 5.41) is 0.785. The molecule has 1 aromatic carbocycles. The Kier molecular flexibility index (Phi) is 2.73. The fourth-order valence-corrected chi connectivity index (χ4v) is 2.13. The second-order valence-electron chi connectivity index (χ2n) is 3.84. The van der Waals surface area contributed by atoms with Crippen molar-refractivity contribution in [3.05, 3.63) is 61.4 Å². The van der Waals surface area contributed by atoms with E-state index in [2.05, 4.69) is 4.98 Å². The lowest BCUT2D eigenvalue weighted by molar-refractivity contribution is 0.530. The summed E-state index contributed by atoms with van der Waals surface area (Å²) in [6, 6.07) is 7.53. The maximum atomic E-state index is 12.3. The molecule has 96 valence electrons. The summed E-state index contributed by atoms with van der Waals surface area (Å²) < 4.78 is 5.95. The molecule has 0 aliphatic rings. The van der Waals surface area contributed by atoms with Crippen LogP contribution in [0.3, 0.4) is 0 Å². The van der Waals surface area contributed by atoms with Gasteiger partial charge in [-0.15, -0.1) is 0 Å². The second-order valence-corrected chi connectivity index (χ2v) is 4.65. The van der Waals surface area contributed by atoms with Gasteiger partial charge in [-0.3, -0.25) is 4.79 Å². The highest BCUT2D eigenvalue weighted by molar-refractivity contribution is 6.31. The predicted octanol–water partition coefficient (Wildman–Crippen LogP) is 2.58. The molecule has 19 heavy (non-hydrogen) atoms. The number of halogens is 2. The average molecular weight is 297 g/mol. The minimum atomic E-state index is -0.606. The zero-order chi connectivity index (χ0) is 13.6. The Bertz CT molecular complexity index is 892. The third-order valence-electron chi connectivity index (χ3n) is 2.64. The number of hydrogen-bond donors (Lipinski definition) is 1. The summed E-state index contributed by atoms with van der Waals surface area (Å²) >= 11 is 11.5. The lowest BCUT2D eigenvalue weighted by Gasteiger charge is -2.03. The van der Waals surface area contributed by atoms with Gasteiger partial charge in [0.15, 0.2) is 5.22 Å². The molecule has 7 heteroatoms. The molecule has 0 unspecified atom stereocenters. The molecule has 1 N–H and O–H groups in total. The molecule has 0 aliphatic heterocycles. The molecular weight excluding hydrogens is 291 g/mol. The average Bonchev–Trinajstić information content (AvgIpc) is 2.77. The van der Waals surface area contributed by atoms with Gasteiger partial charge < -0.3 is 9.40 Å². The van der Waals surface area contributed by atoms with Gasteiger partial charge in [0.1, 0.15) is 0 Å². The molecule has 3 aromatic rings. The SMILES string of the molecule is O=c1[nH]c2ccc(Cl)cc2c(=O)n1-c1ccc(Cl)o1. The van der Waals surface area contributed by atoms with E-state index < -0.39 is 11.2 Å². The van der Waals surface area contributed by atoms with E-state index in [1.807, 2.05) is 0 Å². The van der Waals surface area contributed by atoms with Crippen molar-refractivity contribution < 1.29 is 4.42 Å². The molecule has 0 spiro atoms. The van der Waals surface area contributed by atoms with Gasteiger partial charge in [-0.1, -0.05) is 11.6 Å². The molecule has 3 rings (SSSR count). The van der Waals surface area contributed by atoms with Crippen LogP contribution in [0.15, 0.2) is 44.3 Å². The Balaban J connectivity index is 2.43. The molecule has 0 amide bonds. The minimum Gasteiger partial charge on any atom is -0.428 e. The lowest BCUT2D eigenvalue weighted by atomic mass is 10.2. The van der Waals surface area contributed by atoms with Crippen LogP contribution in [0.5, 0.6) is 0 Å². The van der Waals surface area contributed by atoms with E-state index in [0.717, 1.165) is 4.57 Å². The first-order chi connectivity index (χ1) is 9.06. The van der Waals surface area contributed by atoms with Gasteiger partial charge in [0.25, 0.3) is 5.56 Å². The van der Waals surface area contributed by atoms with Crippen molar-refractivity contribution in [2.75, 3.05) is 0 Å². The van der Waals surface area contributed by atoms with Crippen LogP contribution in [-0.4, -0.2) is 9.55 Å². The third kappa shape index (κ3) is 1.97. The highest BCUT2D eigenvalue weighted by Crippen LogP contribution is 2.17. The molecular formula is C12H6Cl2N2O3. The number of furan rings is 1. The number of benzene rings is 1. The maximum absolute atomic E-state index is 12.3. The second kappa shape index (κ2) is 4.29. The van der Waals surface area contributed by atoms with E-state index in [9.17, 15) is 9.59 Å². The summed E-state index contributed by atoms with van der Waals surface area (Å²) in [7, 11) is 0. The van der Waals surface area contributed by atoms with Gasteiger partial charge in [0.2, 0.25) is 5.88 Å². The van der Waals surface area contributed by atoms with Crippen molar-refractivity contribution in [2.45, 2.75) is 0 Å². The van der Waals surface area contributed by atoms with E-state index in [-0.39, 0.29) is 11.1 Å². The number of nitrogens with one attached hydrogen (secondary N) is 1. The van der Waals surface area contributed by atoms with Crippen LogP contribution in [0.1, 0.15) is 0 Å². The zero-order valence-corrected chi connectivity index (χ0v) is 10.8. The molecule has 2 heterocycles. The normalized spacial score (nSPS) is 11.1. The van der Waals surface area contributed by atoms with Crippen molar-refractivity contribution in [3.63, 3.8) is 0 Å². The van der Waals surface area contributed by atoms with E-state index in [1.54, 1.807) is 12.1 Å². The van der Waals surface area contributed by atoms with Gasteiger partial charge in [-0.05, 0) is 35.9 Å². The fraction of sp³-hybridized carbons (Fsp3) is 0. The van der Waals surface area contributed by atoms with E-state index in [0.29, 0.717) is 15.9 Å². The highest BCUT2D eigenvalue weighted by Gasteiger charge is 2.12. The summed E-state index contributed by atoms with van der Waals surface area (Å²) in [5.74, 6) is 0.0538. The van der Waals surface area contributed by atoms with Crippen LogP contribution in [0.25, 0.3) is 16.8 Å². The Labute approximate surface area is 116 Å². The van der Waals surface area contributed by atoms with E-state index in [1.165, 1.54) is 18.2 Å². The number of aromatic amines is 1. The molecule has 0 bridgehead atoms. The molecule has 0 saturated heterocycles. The van der Waals surface area contributed by atoms with Gasteiger partial charge >= 0.3 is 5.69 Å². The molecule has 2 aromatic heterocycles. The third-order valence-corrected chi connectivity index (χ3v) is 3.08. The quantitative estimate of drug-likeness (QED) is 0.750. The minimum absolute atomic E-state index is 0.0538. The van der Waals surface area contributed by atoms with E-state index >= 15 is 0 Å². The monoisotopic (exact) mass is 296 g/mol. The van der Waals surface area contributed by atoms with Crippen LogP contribution >= 0.6 is 23.2 Å². The van der Waals surface area contributed by atoms with Crippen molar-refractivity contribution in [3.8, 4) is 5.88 Å². The van der Waals surface area contributed by atoms with E-state index in [4.69, 9.17) is 27.6 Å². The maximum Gasteiger partial charge on any atom is 0.335 e. The van der Waals surface area contributed by atoms with Crippen LogP contribution in [-0.2, 0) is 0 Å². The van der Waals surface area contributed by atoms with Crippen LogP contribution in [0.4, 0.5) is 0 Å². The number of rotatable bonds is 1. The van der Waals surface area contributed by atoms with Crippen LogP contribution in [0.2, 0.25) is 10.2 Å². The number of fused-ring (bicyclic) bond motifs is 1. The highest BCUT2D eigenvalue weighted by atomic mass is 35.5. The Morgan fingerprint density at radius 3 is 2.58 bits per heavy atom. The largest absolute Gasteiger partial charge is 0.428 e. The predicted molar refractivity (Wildman–Crippen MR) is 72.5 cm³/mol. The Morgan fingerprint density at radius 1 is 1.11 bits per heavy atom. The summed E-state index contributed by atoms with van der Waals surface area (Å²) in [4.78, 5) is 26.8. The van der Waals surface area contributed by atoms with Crippen molar-refractivity contribution >= 4 is 34.1 Å². The first kappa shape index (κ1) is 12.1. The van der Waals surface area contributed by atoms with Crippen LogP contribution in [0, 0.1) is 0 Å².